The van der Waals surface area contributed by atoms with E-state index in [1.807, 2.05) is 41.6 Å². The summed E-state index contributed by atoms with van der Waals surface area (Å²) in [5, 5.41) is 11.9. The van der Waals surface area contributed by atoms with Crippen LogP contribution in [0, 0.1) is 0 Å². The summed E-state index contributed by atoms with van der Waals surface area (Å²) in [7, 11) is 1.96. The maximum Gasteiger partial charge on any atom is 0.335 e. The molecule has 1 N–H and O–H groups in total. The number of aromatic carboxylic acids is 1. The van der Waals surface area contributed by atoms with Gasteiger partial charge in [0.25, 0.3) is 0 Å². The number of hydrogen-bond donors (Lipinski definition) is 1. The summed E-state index contributed by atoms with van der Waals surface area (Å²) in [6.07, 6.45) is 0. The Kier molecular flexibility index (Phi) is 2.92. The van der Waals surface area contributed by atoms with Crippen LogP contribution >= 0.6 is 11.3 Å². The van der Waals surface area contributed by atoms with Crippen molar-refractivity contribution in [2.45, 2.75) is 0 Å². The van der Waals surface area contributed by atoms with Crippen molar-refractivity contribution in [2.75, 3.05) is 11.9 Å². The monoisotopic (exact) mass is 233 g/mol. The fourth-order valence-corrected chi connectivity index (χ4v) is 2.13. The molecule has 0 saturated carbocycles. The van der Waals surface area contributed by atoms with Crippen molar-refractivity contribution in [1.29, 1.82) is 0 Å². The lowest BCUT2D eigenvalue weighted by atomic mass is 10.2. The summed E-state index contributed by atoms with van der Waals surface area (Å²) >= 11 is 1.65. The number of anilines is 2. The second kappa shape index (κ2) is 4.37. The van der Waals surface area contributed by atoms with Crippen LogP contribution in [0.15, 0.2) is 41.8 Å². The van der Waals surface area contributed by atoms with Gasteiger partial charge in [-0.1, -0.05) is 0 Å². The van der Waals surface area contributed by atoms with Crippen molar-refractivity contribution >= 4 is 28.0 Å². The Labute approximate surface area is 97.6 Å². The van der Waals surface area contributed by atoms with Gasteiger partial charge >= 0.3 is 5.97 Å². The first kappa shape index (κ1) is 10.7. The number of carbonyl (C=O) groups is 1. The highest BCUT2D eigenvalue weighted by Crippen LogP contribution is 2.27. The number of rotatable bonds is 3. The molecule has 1 aromatic carbocycles. The number of carboxylic acids is 1. The molecule has 1 heterocycles. The molecule has 0 unspecified atom stereocenters. The molecule has 0 fully saturated rings. The van der Waals surface area contributed by atoms with E-state index in [0.29, 0.717) is 5.56 Å². The van der Waals surface area contributed by atoms with Gasteiger partial charge in [-0.25, -0.2) is 4.79 Å². The van der Waals surface area contributed by atoms with Crippen molar-refractivity contribution in [1.82, 2.24) is 0 Å². The first-order valence-corrected chi connectivity index (χ1v) is 5.67. The van der Waals surface area contributed by atoms with E-state index < -0.39 is 5.97 Å². The zero-order valence-electron chi connectivity index (χ0n) is 8.75. The average molecular weight is 233 g/mol. The molecular formula is C12H11NO2S. The Morgan fingerprint density at radius 2 is 1.94 bits per heavy atom. The topological polar surface area (TPSA) is 40.5 Å². The molecule has 0 aliphatic carbocycles. The van der Waals surface area contributed by atoms with Crippen molar-refractivity contribution in [2.24, 2.45) is 0 Å². The number of nitrogens with zero attached hydrogens (tertiary/aromatic N) is 1. The third-order valence-corrected chi connectivity index (χ3v) is 3.28. The lowest BCUT2D eigenvalue weighted by Crippen LogP contribution is -2.07. The van der Waals surface area contributed by atoms with Crippen molar-refractivity contribution < 1.29 is 9.90 Å². The van der Waals surface area contributed by atoms with E-state index in [4.69, 9.17) is 5.11 Å². The molecule has 1 aromatic heterocycles. The summed E-state index contributed by atoms with van der Waals surface area (Å²) in [5.74, 6) is -0.898. The zero-order chi connectivity index (χ0) is 11.5. The molecule has 82 valence electrons. The zero-order valence-corrected chi connectivity index (χ0v) is 9.57. The van der Waals surface area contributed by atoms with Gasteiger partial charge in [0, 0.05) is 12.7 Å². The summed E-state index contributed by atoms with van der Waals surface area (Å²) in [4.78, 5) is 12.7. The van der Waals surface area contributed by atoms with Gasteiger partial charge in [-0.2, -0.15) is 0 Å². The largest absolute Gasteiger partial charge is 0.478 e. The quantitative estimate of drug-likeness (QED) is 0.884. The smallest absolute Gasteiger partial charge is 0.335 e. The minimum absolute atomic E-state index is 0.309. The lowest BCUT2D eigenvalue weighted by molar-refractivity contribution is 0.0697. The Bertz CT molecular complexity index is 476. The molecule has 0 atom stereocenters. The van der Waals surface area contributed by atoms with E-state index in [2.05, 4.69) is 0 Å². The maximum absolute atomic E-state index is 10.7. The van der Waals surface area contributed by atoms with Gasteiger partial charge in [-0.3, -0.25) is 0 Å². The molecule has 2 rings (SSSR count). The first-order valence-electron chi connectivity index (χ1n) is 4.79. The average Bonchev–Trinajstić information content (AvgIpc) is 2.81. The Morgan fingerprint density at radius 1 is 1.25 bits per heavy atom. The van der Waals surface area contributed by atoms with Crippen LogP contribution in [-0.4, -0.2) is 18.1 Å². The number of thiophene rings is 1. The highest BCUT2D eigenvalue weighted by atomic mass is 32.1. The molecule has 0 radical (unpaired) electrons. The predicted molar refractivity (Wildman–Crippen MR) is 65.8 cm³/mol. The van der Waals surface area contributed by atoms with Crippen molar-refractivity contribution in [3.05, 3.63) is 47.3 Å². The molecule has 0 spiro atoms. The Balaban J connectivity index is 2.25. The molecule has 0 bridgehead atoms. The summed E-state index contributed by atoms with van der Waals surface area (Å²) < 4.78 is 0. The molecule has 3 nitrogen and oxygen atoms in total. The van der Waals surface area contributed by atoms with Crippen LogP contribution in [0.2, 0.25) is 0 Å². The van der Waals surface area contributed by atoms with E-state index >= 15 is 0 Å². The highest BCUT2D eigenvalue weighted by Gasteiger charge is 2.06. The van der Waals surface area contributed by atoms with Gasteiger partial charge in [0.15, 0.2) is 0 Å². The van der Waals surface area contributed by atoms with Gasteiger partial charge in [0.2, 0.25) is 0 Å². The molecule has 0 amide bonds. The molecule has 0 aliphatic heterocycles. The second-order valence-electron chi connectivity index (χ2n) is 3.36. The Morgan fingerprint density at radius 3 is 2.44 bits per heavy atom. The third-order valence-electron chi connectivity index (χ3n) is 2.34. The van der Waals surface area contributed by atoms with E-state index in [1.165, 1.54) is 0 Å². The van der Waals surface area contributed by atoms with Crippen LogP contribution in [-0.2, 0) is 0 Å². The lowest BCUT2D eigenvalue weighted by Gasteiger charge is -2.16. The molecule has 16 heavy (non-hydrogen) atoms. The van der Waals surface area contributed by atoms with Crippen LogP contribution < -0.4 is 4.90 Å². The maximum atomic E-state index is 10.7. The van der Waals surface area contributed by atoms with E-state index in [0.717, 1.165) is 10.7 Å². The van der Waals surface area contributed by atoms with Gasteiger partial charge in [0.05, 0.1) is 10.6 Å². The fourth-order valence-electron chi connectivity index (χ4n) is 1.42. The minimum Gasteiger partial charge on any atom is -0.478 e. The standard InChI is InChI=1S/C12H11NO2S/c1-13(11-3-2-8-16-11)10-6-4-9(5-7-10)12(14)15/h2-8H,1H3,(H,14,15). The SMILES string of the molecule is CN(c1ccc(C(=O)O)cc1)c1cccs1. The summed E-state index contributed by atoms with van der Waals surface area (Å²) in [6, 6.07) is 10.9. The predicted octanol–water partition coefficient (Wildman–Crippen LogP) is 3.21. The van der Waals surface area contributed by atoms with Crippen molar-refractivity contribution in [3.63, 3.8) is 0 Å². The summed E-state index contributed by atoms with van der Waals surface area (Å²) in [6.45, 7) is 0. The van der Waals surface area contributed by atoms with Crippen molar-refractivity contribution in [3.8, 4) is 0 Å². The summed E-state index contributed by atoms with van der Waals surface area (Å²) in [5.41, 5.74) is 1.29. The van der Waals surface area contributed by atoms with Gasteiger partial charge in [0.1, 0.15) is 0 Å². The molecule has 0 aliphatic rings. The molecular weight excluding hydrogens is 222 g/mol. The second-order valence-corrected chi connectivity index (χ2v) is 4.29. The van der Waals surface area contributed by atoms with Gasteiger partial charge in [-0.15, -0.1) is 11.3 Å². The van der Waals surface area contributed by atoms with Crippen LogP contribution in [0.1, 0.15) is 10.4 Å². The van der Waals surface area contributed by atoms with E-state index in [1.54, 1.807) is 23.5 Å². The first-order chi connectivity index (χ1) is 7.68. The van der Waals surface area contributed by atoms with Crippen LogP contribution in [0.5, 0.6) is 0 Å². The van der Waals surface area contributed by atoms with Crippen LogP contribution in [0.4, 0.5) is 10.7 Å². The molecule has 0 saturated heterocycles. The fraction of sp³-hybridized carbons (Fsp3) is 0.0833. The number of hydrogen-bond acceptors (Lipinski definition) is 3. The van der Waals surface area contributed by atoms with E-state index in [-0.39, 0.29) is 0 Å². The van der Waals surface area contributed by atoms with Crippen LogP contribution in [0.25, 0.3) is 0 Å². The Hall–Kier alpha value is -1.81. The normalized spacial score (nSPS) is 10.1. The van der Waals surface area contributed by atoms with Gasteiger partial charge in [-0.05, 0) is 41.8 Å². The third kappa shape index (κ3) is 2.06. The minimum atomic E-state index is -0.898. The number of benzene rings is 1. The van der Waals surface area contributed by atoms with Gasteiger partial charge < -0.3 is 10.0 Å². The molecule has 4 heteroatoms. The number of carboxylic acid groups (broad SMARTS) is 1. The van der Waals surface area contributed by atoms with Crippen LogP contribution in [0.3, 0.4) is 0 Å². The molecule has 2 aromatic rings. The van der Waals surface area contributed by atoms with E-state index in [9.17, 15) is 4.79 Å². The highest BCUT2D eigenvalue weighted by molar-refractivity contribution is 7.14.